The van der Waals surface area contributed by atoms with E-state index in [4.69, 9.17) is 0 Å². The maximum atomic E-state index is 12.7. The average molecular weight is 375 g/mol. The van der Waals surface area contributed by atoms with Crippen molar-refractivity contribution >= 4 is 17.5 Å². The van der Waals surface area contributed by atoms with E-state index in [1.807, 2.05) is 9.80 Å². The number of amides is 2. The maximum absolute atomic E-state index is 12.7. The Kier molecular flexibility index (Phi) is 9.54. The second-order valence-electron chi connectivity index (χ2n) is 7.90. The number of carbonyl (C=O) groups is 2. The lowest BCUT2D eigenvalue weighted by Gasteiger charge is -2.30. The molecular formula is C23H38N2O2. The fourth-order valence-electron chi connectivity index (χ4n) is 3.52. The quantitative estimate of drug-likeness (QED) is 0.556. The van der Waals surface area contributed by atoms with Crippen molar-refractivity contribution in [2.24, 2.45) is 0 Å². The number of hydrogen-bond acceptors (Lipinski definition) is 2. The van der Waals surface area contributed by atoms with Gasteiger partial charge in [0.25, 0.3) is 0 Å². The zero-order chi connectivity index (χ0) is 20.6. The number of hydrogen-bond donors (Lipinski definition) is 0. The van der Waals surface area contributed by atoms with Gasteiger partial charge in [-0.15, -0.1) is 0 Å². The number of nitrogens with zero attached hydrogens (tertiary/aromatic N) is 2. The minimum Gasteiger partial charge on any atom is -0.343 e. The number of benzene rings is 1. The topological polar surface area (TPSA) is 40.6 Å². The minimum absolute atomic E-state index is 0.00432. The summed E-state index contributed by atoms with van der Waals surface area (Å²) >= 11 is 0. The summed E-state index contributed by atoms with van der Waals surface area (Å²) in [5.41, 5.74) is 3.34. The maximum Gasteiger partial charge on any atom is 0.224 e. The SMILES string of the molecule is CCCN(CCC)C(=O)CCN(C(C)=O)c1c(C(C)C)cccc1C(C)C. The molecule has 0 heterocycles. The van der Waals surface area contributed by atoms with Gasteiger partial charge >= 0.3 is 0 Å². The first-order valence-corrected chi connectivity index (χ1v) is 10.4. The lowest BCUT2D eigenvalue weighted by Crippen LogP contribution is -2.38. The molecule has 0 atom stereocenters. The fraction of sp³-hybridized carbons (Fsp3) is 0.652. The summed E-state index contributed by atoms with van der Waals surface area (Å²) in [7, 11) is 0. The van der Waals surface area contributed by atoms with Crippen molar-refractivity contribution < 1.29 is 9.59 Å². The number of rotatable bonds is 10. The third-order valence-corrected chi connectivity index (χ3v) is 4.88. The van der Waals surface area contributed by atoms with Gasteiger partial charge in [0, 0.05) is 33.0 Å². The largest absolute Gasteiger partial charge is 0.343 e. The molecule has 0 saturated heterocycles. The minimum atomic E-state index is -0.00432. The Hall–Kier alpha value is -1.84. The van der Waals surface area contributed by atoms with Gasteiger partial charge in [0.1, 0.15) is 0 Å². The first kappa shape index (κ1) is 23.2. The highest BCUT2D eigenvalue weighted by atomic mass is 16.2. The van der Waals surface area contributed by atoms with Crippen LogP contribution in [0.5, 0.6) is 0 Å². The molecule has 0 saturated carbocycles. The van der Waals surface area contributed by atoms with E-state index < -0.39 is 0 Å². The van der Waals surface area contributed by atoms with Crippen molar-refractivity contribution in [1.29, 1.82) is 0 Å². The summed E-state index contributed by atoms with van der Waals surface area (Å²) in [6, 6.07) is 6.27. The molecule has 2 amide bonds. The van der Waals surface area contributed by atoms with E-state index >= 15 is 0 Å². The normalized spacial score (nSPS) is 11.1. The molecule has 0 aliphatic carbocycles. The molecule has 0 fully saturated rings. The smallest absolute Gasteiger partial charge is 0.224 e. The fourth-order valence-corrected chi connectivity index (χ4v) is 3.52. The van der Waals surface area contributed by atoms with E-state index in [2.05, 4.69) is 59.7 Å². The van der Waals surface area contributed by atoms with E-state index in [1.165, 1.54) is 11.1 Å². The van der Waals surface area contributed by atoms with Crippen LogP contribution in [-0.2, 0) is 9.59 Å². The van der Waals surface area contributed by atoms with E-state index in [9.17, 15) is 9.59 Å². The van der Waals surface area contributed by atoms with Crippen LogP contribution in [0.15, 0.2) is 18.2 Å². The molecule has 0 radical (unpaired) electrons. The summed E-state index contributed by atoms with van der Waals surface area (Å²) in [6.07, 6.45) is 2.27. The van der Waals surface area contributed by atoms with Gasteiger partial charge in [0.15, 0.2) is 0 Å². The molecule has 0 aliphatic heterocycles. The summed E-state index contributed by atoms with van der Waals surface area (Å²) in [5.74, 6) is 0.759. The standard InChI is InChI=1S/C23H38N2O2/c1-8-14-24(15-9-2)22(27)13-16-25(19(7)26)23-20(17(3)4)11-10-12-21(23)18(5)6/h10-12,17-18H,8-9,13-16H2,1-7H3. The second kappa shape index (κ2) is 11.1. The molecule has 0 aromatic heterocycles. The van der Waals surface area contributed by atoms with Crippen molar-refractivity contribution in [3.8, 4) is 0 Å². The molecule has 152 valence electrons. The van der Waals surface area contributed by atoms with Crippen molar-refractivity contribution in [2.75, 3.05) is 24.5 Å². The van der Waals surface area contributed by atoms with Crippen LogP contribution in [0, 0.1) is 0 Å². The van der Waals surface area contributed by atoms with Crippen LogP contribution in [0.2, 0.25) is 0 Å². The predicted octanol–water partition coefficient (Wildman–Crippen LogP) is 5.33. The summed E-state index contributed by atoms with van der Waals surface area (Å²) in [5, 5.41) is 0. The van der Waals surface area contributed by atoms with E-state index in [0.29, 0.717) is 24.8 Å². The molecule has 27 heavy (non-hydrogen) atoms. The van der Waals surface area contributed by atoms with E-state index in [-0.39, 0.29) is 11.8 Å². The molecule has 0 unspecified atom stereocenters. The molecule has 0 bridgehead atoms. The molecule has 1 rings (SSSR count). The zero-order valence-electron chi connectivity index (χ0n) is 18.3. The van der Waals surface area contributed by atoms with Crippen LogP contribution in [0.4, 0.5) is 5.69 Å². The summed E-state index contributed by atoms with van der Waals surface area (Å²) in [4.78, 5) is 29.0. The van der Waals surface area contributed by atoms with Crippen LogP contribution in [0.3, 0.4) is 0 Å². The zero-order valence-corrected chi connectivity index (χ0v) is 18.3. The molecule has 4 nitrogen and oxygen atoms in total. The predicted molar refractivity (Wildman–Crippen MR) is 114 cm³/mol. The van der Waals surface area contributed by atoms with Crippen LogP contribution in [0.1, 0.15) is 90.7 Å². The van der Waals surface area contributed by atoms with Gasteiger partial charge < -0.3 is 9.80 Å². The Bertz CT molecular complexity index is 591. The highest BCUT2D eigenvalue weighted by molar-refractivity contribution is 5.94. The molecule has 0 N–H and O–H groups in total. The second-order valence-corrected chi connectivity index (χ2v) is 7.90. The van der Waals surface area contributed by atoms with Crippen LogP contribution >= 0.6 is 0 Å². The van der Waals surface area contributed by atoms with Gasteiger partial charge in [0.05, 0.1) is 5.69 Å². The lowest BCUT2D eigenvalue weighted by molar-refractivity contribution is -0.131. The van der Waals surface area contributed by atoms with Crippen LogP contribution in [0.25, 0.3) is 0 Å². The highest BCUT2D eigenvalue weighted by Crippen LogP contribution is 2.35. The van der Waals surface area contributed by atoms with Crippen LogP contribution in [-0.4, -0.2) is 36.3 Å². The monoisotopic (exact) mass is 374 g/mol. The Morgan fingerprint density at radius 3 is 1.74 bits per heavy atom. The van der Waals surface area contributed by atoms with Crippen LogP contribution < -0.4 is 4.90 Å². The van der Waals surface area contributed by atoms with Gasteiger partial charge in [-0.1, -0.05) is 59.7 Å². The first-order valence-electron chi connectivity index (χ1n) is 10.4. The molecular weight excluding hydrogens is 336 g/mol. The van der Waals surface area contributed by atoms with Gasteiger partial charge in [-0.3, -0.25) is 9.59 Å². The summed E-state index contributed by atoms with van der Waals surface area (Å²) < 4.78 is 0. The number of para-hydroxylation sites is 1. The highest BCUT2D eigenvalue weighted by Gasteiger charge is 2.23. The van der Waals surface area contributed by atoms with Crippen molar-refractivity contribution in [3.05, 3.63) is 29.3 Å². The Morgan fingerprint density at radius 1 is 0.889 bits per heavy atom. The van der Waals surface area contributed by atoms with Crippen molar-refractivity contribution in [2.45, 2.75) is 79.6 Å². The Labute approximate surface area is 165 Å². The Morgan fingerprint density at radius 2 is 1.37 bits per heavy atom. The molecule has 0 spiro atoms. The molecule has 0 aliphatic rings. The van der Waals surface area contributed by atoms with Gasteiger partial charge in [-0.05, 0) is 35.8 Å². The first-order chi connectivity index (χ1) is 12.7. The van der Waals surface area contributed by atoms with Gasteiger partial charge in [-0.2, -0.15) is 0 Å². The number of carbonyl (C=O) groups excluding carboxylic acids is 2. The van der Waals surface area contributed by atoms with Gasteiger partial charge in [-0.25, -0.2) is 0 Å². The van der Waals surface area contributed by atoms with Crippen molar-refractivity contribution in [1.82, 2.24) is 4.90 Å². The Balaban J connectivity index is 3.16. The van der Waals surface area contributed by atoms with Crippen molar-refractivity contribution in [3.63, 3.8) is 0 Å². The molecule has 4 heteroatoms. The third kappa shape index (κ3) is 6.37. The average Bonchev–Trinajstić information content (AvgIpc) is 2.60. The number of anilines is 1. The van der Waals surface area contributed by atoms with Gasteiger partial charge in [0.2, 0.25) is 11.8 Å². The molecule has 1 aromatic carbocycles. The van der Waals surface area contributed by atoms with E-state index in [0.717, 1.165) is 31.6 Å². The summed E-state index contributed by atoms with van der Waals surface area (Å²) in [6.45, 7) is 16.4. The third-order valence-electron chi connectivity index (χ3n) is 4.88. The molecule has 1 aromatic rings. The van der Waals surface area contributed by atoms with E-state index in [1.54, 1.807) is 6.92 Å². The lowest BCUT2D eigenvalue weighted by atomic mass is 9.91.